The number of sulfonamides is 1. The zero-order valence-electron chi connectivity index (χ0n) is 11.7. The molecule has 0 fully saturated rings. The molecule has 0 aliphatic heterocycles. The second kappa shape index (κ2) is 5.66. The Morgan fingerprint density at radius 1 is 1.33 bits per heavy atom. The van der Waals surface area contributed by atoms with Gasteiger partial charge in [-0.1, -0.05) is 0 Å². The molecule has 0 saturated heterocycles. The summed E-state index contributed by atoms with van der Waals surface area (Å²) in [7, 11) is -3.73. The Labute approximate surface area is 122 Å². The Hall–Kier alpha value is -2.19. The highest BCUT2D eigenvalue weighted by molar-refractivity contribution is 7.89. The summed E-state index contributed by atoms with van der Waals surface area (Å²) < 4.78 is 23.9. The maximum atomic E-state index is 12.2. The van der Waals surface area contributed by atoms with Crippen molar-refractivity contribution in [1.82, 2.24) is 9.78 Å². The van der Waals surface area contributed by atoms with Crippen LogP contribution in [0.15, 0.2) is 35.2 Å². The minimum atomic E-state index is -3.73. The average molecular weight is 308 g/mol. The van der Waals surface area contributed by atoms with Crippen LogP contribution in [0.25, 0.3) is 0 Å². The van der Waals surface area contributed by atoms with Gasteiger partial charge in [-0.25, -0.2) is 13.6 Å². The molecule has 1 aromatic carbocycles. The van der Waals surface area contributed by atoms with E-state index in [0.29, 0.717) is 17.9 Å². The molecule has 0 aliphatic rings. The third kappa shape index (κ3) is 3.47. The zero-order valence-corrected chi connectivity index (χ0v) is 12.5. The molecule has 3 N–H and O–H groups in total. The summed E-state index contributed by atoms with van der Waals surface area (Å²) in [4.78, 5) is 12.2. The van der Waals surface area contributed by atoms with E-state index in [-0.39, 0.29) is 10.8 Å². The number of aromatic nitrogens is 2. The van der Waals surface area contributed by atoms with E-state index in [1.54, 1.807) is 10.7 Å². The van der Waals surface area contributed by atoms with Crippen LogP contribution in [0.3, 0.4) is 0 Å². The predicted octanol–water partition coefficient (Wildman–Crippen LogP) is 1.11. The van der Waals surface area contributed by atoms with E-state index < -0.39 is 10.0 Å². The molecule has 0 unspecified atom stereocenters. The van der Waals surface area contributed by atoms with E-state index in [1.807, 2.05) is 13.8 Å². The number of rotatable bonds is 4. The SMILES string of the molecule is CCn1nc(C)cc1C(=O)Nc1ccc(S(N)(=O)=O)cc1. The monoisotopic (exact) mass is 308 g/mol. The maximum absolute atomic E-state index is 12.2. The topological polar surface area (TPSA) is 107 Å². The highest BCUT2D eigenvalue weighted by Crippen LogP contribution is 2.14. The lowest BCUT2D eigenvalue weighted by Crippen LogP contribution is -2.17. The van der Waals surface area contributed by atoms with Crippen LogP contribution in [0.4, 0.5) is 5.69 Å². The van der Waals surface area contributed by atoms with Crippen molar-refractivity contribution in [3.05, 3.63) is 41.7 Å². The van der Waals surface area contributed by atoms with Gasteiger partial charge in [-0.2, -0.15) is 5.10 Å². The van der Waals surface area contributed by atoms with Crippen molar-refractivity contribution in [2.75, 3.05) is 5.32 Å². The van der Waals surface area contributed by atoms with Gasteiger partial charge in [0.05, 0.1) is 10.6 Å². The number of anilines is 1. The largest absolute Gasteiger partial charge is 0.321 e. The maximum Gasteiger partial charge on any atom is 0.273 e. The van der Waals surface area contributed by atoms with Gasteiger partial charge in [0.2, 0.25) is 10.0 Å². The van der Waals surface area contributed by atoms with Crippen molar-refractivity contribution in [2.45, 2.75) is 25.3 Å². The molecule has 1 aromatic heterocycles. The lowest BCUT2D eigenvalue weighted by molar-refractivity contribution is 0.101. The van der Waals surface area contributed by atoms with Gasteiger partial charge in [-0.15, -0.1) is 0 Å². The van der Waals surface area contributed by atoms with E-state index in [2.05, 4.69) is 10.4 Å². The number of amides is 1. The molecular weight excluding hydrogens is 292 g/mol. The fourth-order valence-corrected chi connectivity index (χ4v) is 2.41. The standard InChI is InChI=1S/C13H16N4O3S/c1-3-17-12(8-9(2)16-17)13(18)15-10-4-6-11(7-5-10)21(14,19)20/h4-8H,3H2,1-2H3,(H,15,18)(H2,14,19,20). The second-order valence-corrected chi connectivity index (χ2v) is 6.07. The number of hydrogen-bond acceptors (Lipinski definition) is 4. The van der Waals surface area contributed by atoms with Crippen LogP contribution >= 0.6 is 0 Å². The van der Waals surface area contributed by atoms with Gasteiger partial charge in [-0.3, -0.25) is 9.48 Å². The highest BCUT2D eigenvalue weighted by atomic mass is 32.2. The smallest absolute Gasteiger partial charge is 0.273 e. The van der Waals surface area contributed by atoms with Crippen molar-refractivity contribution in [2.24, 2.45) is 5.14 Å². The Balaban J connectivity index is 2.20. The summed E-state index contributed by atoms with van der Waals surface area (Å²) in [6.45, 7) is 4.29. The molecule has 21 heavy (non-hydrogen) atoms. The number of carbonyl (C=O) groups is 1. The number of nitrogens with zero attached hydrogens (tertiary/aromatic N) is 2. The Bertz CT molecular complexity index is 763. The Morgan fingerprint density at radius 3 is 2.48 bits per heavy atom. The number of primary sulfonamides is 1. The number of carbonyl (C=O) groups excluding carboxylic acids is 1. The van der Waals surface area contributed by atoms with Crippen molar-refractivity contribution < 1.29 is 13.2 Å². The molecule has 2 aromatic rings. The zero-order chi connectivity index (χ0) is 15.6. The van der Waals surface area contributed by atoms with Crippen LogP contribution < -0.4 is 10.5 Å². The molecule has 0 aliphatic carbocycles. The Morgan fingerprint density at radius 2 is 1.95 bits per heavy atom. The summed E-state index contributed by atoms with van der Waals surface area (Å²) in [5, 5.41) is 11.9. The quantitative estimate of drug-likeness (QED) is 0.882. The van der Waals surface area contributed by atoms with Gasteiger partial charge < -0.3 is 5.32 Å². The lowest BCUT2D eigenvalue weighted by Gasteiger charge is -2.07. The van der Waals surface area contributed by atoms with Crippen LogP contribution in [0, 0.1) is 6.92 Å². The number of nitrogens with one attached hydrogen (secondary N) is 1. The summed E-state index contributed by atoms with van der Waals surface area (Å²) in [6, 6.07) is 7.34. The van der Waals surface area contributed by atoms with E-state index >= 15 is 0 Å². The number of hydrogen-bond donors (Lipinski definition) is 2. The molecule has 0 spiro atoms. The molecule has 112 valence electrons. The van der Waals surface area contributed by atoms with Crippen molar-refractivity contribution in [1.29, 1.82) is 0 Å². The fourth-order valence-electron chi connectivity index (χ4n) is 1.89. The normalized spacial score (nSPS) is 11.4. The van der Waals surface area contributed by atoms with Crippen LogP contribution in [0.2, 0.25) is 0 Å². The molecule has 2 rings (SSSR count). The molecule has 0 radical (unpaired) electrons. The molecule has 1 heterocycles. The van der Waals surface area contributed by atoms with Crippen molar-refractivity contribution in [3.8, 4) is 0 Å². The van der Waals surface area contributed by atoms with Crippen LogP contribution in [-0.2, 0) is 16.6 Å². The summed E-state index contributed by atoms with van der Waals surface area (Å²) >= 11 is 0. The van der Waals surface area contributed by atoms with Crippen molar-refractivity contribution >= 4 is 21.6 Å². The highest BCUT2D eigenvalue weighted by Gasteiger charge is 2.14. The first kappa shape index (κ1) is 15.2. The number of benzene rings is 1. The van der Waals surface area contributed by atoms with E-state index in [9.17, 15) is 13.2 Å². The van der Waals surface area contributed by atoms with Crippen LogP contribution in [-0.4, -0.2) is 24.1 Å². The fraction of sp³-hybridized carbons (Fsp3) is 0.231. The Kier molecular flexibility index (Phi) is 4.10. The lowest BCUT2D eigenvalue weighted by atomic mass is 10.3. The molecule has 7 nitrogen and oxygen atoms in total. The third-order valence-corrected chi connectivity index (χ3v) is 3.80. The first-order chi connectivity index (χ1) is 9.81. The van der Waals surface area contributed by atoms with Crippen molar-refractivity contribution in [3.63, 3.8) is 0 Å². The van der Waals surface area contributed by atoms with Crippen LogP contribution in [0.5, 0.6) is 0 Å². The van der Waals surface area contributed by atoms with Gasteiger partial charge in [0.25, 0.3) is 5.91 Å². The molecule has 0 atom stereocenters. The van der Waals surface area contributed by atoms with Gasteiger partial charge in [0, 0.05) is 12.2 Å². The summed E-state index contributed by atoms with van der Waals surface area (Å²) in [5.74, 6) is -0.305. The number of aryl methyl sites for hydroxylation is 2. The average Bonchev–Trinajstić information content (AvgIpc) is 2.79. The van der Waals surface area contributed by atoms with Gasteiger partial charge >= 0.3 is 0 Å². The predicted molar refractivity (Wildman–Crippen MR) is 78.4 cm³/mol. The minimum Gasteiger partial charge on any atom is -0.321 e. The van der Waals surface area contributed by atoms with Gasteiger partial charge in [0.1, 0.15) is 5.69 Å². The molecule has 0 saturated carbocycles. The molecular formula is C13H16N4O3S. The first-order valence-corrected chi connectivity index (χ1v) is 7.84. The molecule has 1 amide bonds. The van der Waals surface area contributed by atoms with E-state index in [1.165, 1.54) is 24.3 Å². The number of nitrogens with two attached hydrogens (primary N) is 1. The minimum absolute atomic E-state index is 0.00468. The third-order valence-electron chi connectivity index (χ3n) is 2.88. The van der Waals surface area contributed by atoms with Gasteiger partial charge in [-0.05, 0) is 44.2 Å². The van der Waals surface area contributed by atoms with E-state index in [0.717, 1.165) is 5.69 Å². The summed E-state index contributed by atoms with van der Waals surface area (Å²) in [6.07, 6.45) is 0. The first-order valence-electron chi connectivity index (χ1n) is 6.30. The van der Waals surface area contributed by atoms with Gasteiger partial charge in [0.15, 0.2) is 0 Å². The van der Waals surface area contributed by atoms with E-state index in [4.69, 9.17) is 5.14 Å². The second-order valence-electron chi connectivity index (χ2n) is 4.51. The van der Waals surface area contributed by atoms with Crippen LogP contribution in [0.1, 0.15) is 23.1 Å². The summed E-state index contributed by atoms with van der Waals surface area (Å²) in [5.41, 5.74) is 1.69. The molecule has 8 heteroatoms. The molecule has 0 bridgehead atoms.